The number of thiocarbonyl (C=S) groups is 1. The molecule has 1 heterocycles. The van der Waals surface area contributed by atoms with Crippen molar-refractivity contribution in [1.29, 1.82) is 0 Å². The maximum Gasteiger partial charge on any atom is 0.263 e. The third kappa shape index (κ3) is 5.05. The molecule has 32 heavy (non-hydrogen) atoms. The highest BCUT2D eigenvalue weighted by Gasteiger charge is 2.17. The van der Waals surface area contributed by atoms with E-state index in [2.05, 4.69) is 20.5 Å². The molecular formula is C22H19N5O3S2. The lowest BCUT2D eigenvalue weighted by atomic mass is 10.3. The van der Waals surface area contributed by atoms with Gasteiger partial charge in [0.2, 0.25) is 0 Å². The number of aromatic nitrogens is 2. The second-order valence-corrected chi connectivity index (χ2v) is 8.81. The van der Waals surface area contributed by atoms with E-state index in [4.69, 9.17) is 12.2 Å². The van der Waals surface area contributed by atoms with Gasteiger partial charge in [0.1, 0.15) is 11.6 Å². The van der Waals surface area contributed by atoms with Crippen LogP contribution in [-0.2, 0) is 10.0 Å². The Morgan fingerprint density at radius 3 is 2.06 bits per heavy atom. The molecule has 0 spiro atoms. The predicted molar refractivity (Wildman–Crippen MR) is 129 cm³/mol. The van der Waals surface area contributed by atoms with E-state index < -0.39 is 10.0 Å². The largest absolute Gasteiger partial charge is 0.508 e. The maximum atomic E-state index is 12.9. The van der Waals surface area contributed by atoms with E-state index in [0.29, 0.717) is 22.3 Å². The summed E-state index contributed by atoms with van der Waals surface area (Å²) in [6.45, 7) is 0. The number of aromatic hydroxyl groups is 1. The number of rotatable bonds is 6. The second-order valence-electron chi connectivity index (χ2n) is 6.72. The number of para-hydroxylation sites is 1. The maximum absolute atomic E-state index is 12.9. The zero-order chi connectivity index (χ0) is 22.6. The lowest BCUT2D eigenvalue weighted by Gasteiger charge is -2.12. The molecule has 0 aliphatic carbocycles. The minimum atomic E-state index is -3.82. The van der Waals surface area contributed by atoms with Crippen LogP contribution in [0, 0.1) is 0 Å². The Morgan fingerprint density at radius 1 is 0.844 bits per heavy atom. The lowest BCUT2D eigenvalue weighted by Crippen LogP contribution is -2.19. The van der Waals surface area contributed by atoms with Gasteiger partial charge in [-0.15, -0.1) is 0 Å². The summed E-state index contributed by atoms with van der Waals surface area (Å²) in [5.41, 5.74) is 2.07. The van der Waals surface area contributed by atoms with Crippen molar-refractivity contribution in [2.75, 3.05) is 15.4 Å². The second kappa shape index (κ2) is 9.08. The zero-order valence-electron chi connectivity index (χ0n) is 16.6. The summed E-state index contributed by atoms with van der Waals surface area (Å²) in [7, 11) is -3.82. The van der Waals surface area contributed by atoms with Crippen molar-refractivity contribution >= 4 is 44.5 Å². The van der Waals surface area contributed by atoms with E-state index in [1.807, 2.05) is 30.3 Å². The van der Waals surface area contributed by atoms with Crippen molar-refractivity contribution in [3.8, 4) is 11.4 Å². The highest BCUT2D eigenvalue weighted by atomic mass is 32.2. The fourth-order valence-electron chi connectivity index (χ4n) is 2.91. The van der Waals surface area contributed by atoms with Gasteiger partial charge in [0.15, 0.2) is 5.11 Å². The van der Waals surface area contributed by atoms with Crippen molar-refractivity contribution in [3.63, 3.8) is 0 Å². The van der Waals surface area contributed by atoms with Gasteiger partial charge in [0.25, 0.3) is 10.0 Å². The minimum absolute atomic E-state index is 0.0984. The van der Waals surface area contributed by atoms with Gasteiger partial charge in [-0.1, -0.05) is 18.2 Å². The highest BCUT2D eigenvalue weighted by molar-refractivity contribution is 7.92. The summed E-state index contributed by atoms with van der Waals surface area (Å²) in [4.78, 5) is 0.0984. The molecule has 0 aliphatic rings. The van der Waals surface area contributed by atoms with Crippen molar-refractivity contribution in [2.45, 2.75) is 4.90 Å². The molecule has 0 bridgehead atoms. The monoisotopic (exact) mass is 465 g/mol. The average Bonchev–Trinajstić information content (AvgIpc) is 3.24. The van der Waals surface area contributed by atoms with Crippen LogP contribution >= 0.6 is 12.2 Å². The molecule has 0 amide bonds. The first-order valence-corrected chi connectivity index (χ1v) is 11.4. The van der Waals surface area contributed by atoms with Gasteiger partial charge >= 0.3 is 0 Å². The van der Waals surface area contributed by atoms with Crippen LogP contribution in [0.2, 0.25) is 0 Å². The number of phenols is 1. The van der Waals surface area contributed by atoms with Crippen molar-refractivity contribution < 1.29 is 13.5 Å². The standard InChI is InChI=1S/C22H19N5O3S2/c28-19-10-6-16(7-11-19)24-22(31)25-17-8-12-20(13-9-17)32(29,30)26-21-14-15-23-27(21)18-4-2-1-3-5-18/h1-15,26,28H,(H2,24,25,31). The Hall–Kier alpha value is -3.89. The van der Waals surface area contributed by atoms with Crippen LogP contribution in [0.3, 0.4) is 0 Å². The number of benzene rings is 3. The van der Waals surface area contributed by atoms with Crippen LogP contribution in [-0.4, -0.2) is 28.4 Å². The number of nitrogens with zero attached hydrogens (tertiary/aromatic N) is 2. The van der Waals surface area contributed by atoms with E-state index >= 15 is 0 Å². The molecule has 162 valence electrons. The van der Waals surface area contributed by atoms with Gasteiger partial charge in [-0.25, -0.2) is 13.1 Å². The summed E-state index contributed by atoms with van der Waals surface area (Å²) in [6.07, 6.45) is 1.53. The van der Waals surface area contributed by atoms with E-state index in [1.54, 1.807) is 42.5 Å². The third-order valence-electron chi connectivity index (χ3n) is 4.43. The molecule has 3 aromatic carbocycles. The highest BCUT2D eigenvalue weighted by Crippen LogP contribution is 2.21. The van der Waals surface area contributed by atoms with E-state index in [0.717, 1.165) is 5.69 Å². The van der Waals surface area contributed by atoms with Crippen LogP contribution in [0.5, 0.6) is 5.75 Å². The van der Waals surface area contributed by atoms with Crippen LogP contribution in [0.15, 0.2) is 96.0 Å². The zero-order valence-corrected chi connectivity index (χ0v) is 18.3. The summed E-state index contributed by atoms with van der Waals surface area (Å²) in [6, 6.07) is 23.5. The third-order valence-corrected chi connectivity index (χ3v) is 6.00. The fourth-order valence-corrected chi connectivity index (χ4v) is 4.19. The Labute approximate surface area is 190 Å². The SMILES string of the molecule is O=S(=O)(Nc1ccnn1-c1ccccc1)c1ccc(NC(=S)Nc2ccc(O)cc2)cc1. The molecule has 0 saturated heterocycles. The molecule has 0 radical (unpaired) electrons. The van der Waals surface area contributed by atoms with Crippen LogP contribution in [0.25, 0.3) is 5.69 Å². The summed E-state index contributed by atoms with van der Waals surface area (Å²) in [5.74, 6) is 0.490. The Balaban J connectivity index is 1.44. The number of hydrogen-bond acceptors (Lipinski definition) is 5. The molecule has 8 nitrogen and oxygen atoms in total. The number of phenolic OH excluding ortho intramolecular Hbond substituents is 1. The molecule has 0 aliphatic heterocycles. The van der Waals surface area contributed by atoms with Crippen molar-refractivity contribution in [2.24, 2.45) is 0 Å². The first-order chi connectivity index (χ1) is 15.4. The van der Waals surface area contributed by atoms with E-state index in [-0.39, 0.29) is 10.6 Å². The number of sulfonamides is 1. The Bertz CT molecular complexity index is 1320. The van der Waals surface area contributed by atoms with Crippen molar-refractivity contribution in [1.82, 2.24) is 9.78 Å². The molecule has 4 rings (SSSR count). The van der Waals surface area contributed by atoms with E-state index in [1.165, 1.54) is 23.0 Å². The summed E-state index contributed by atoms with van der Waals surface area (Å²) < 4.78 is 29.8. The normalized spacial score (nSPS) is 11.0. The molecule has 0 atom stereocenters. The van der Waals surface area contributed by atoms with Gasteiger partial charge in [-0.05, 0) is 72.9 Å². The number of nitrogens with one attached hydrogen (secondary N) is 3. The minimum Gasteiger partial charge on any atom is -0.508 e. The van der Waals surface area contributed by atoms with Crippen LogP contribution < -0.4 is 15.4 Å². The molecule has 0 saturated carbocycles. The van der Waals surface area contributed by atoms with Gasteiger partial charge in [-0.2, -0.15) is 5.10 Å². The predicted octanol–water partition coefficient (Wildman–Crippen LogP) is 4.19. The van der Waals surface area contributed by atoms with Crippen molar-refractivity contribution in [3.05, 3.63) is 91.1 Å². The fraction of sp³-hybridized carbons (Fsp3) is 0. The first-order valence-electron chi connectivity index (χ1n) is 9.50. The van der Waals surface area contributed by atoms with Crippen LogP contribution in [0.1, 0.15) is 0 Å². The summed E-state index contributed by atoms with van der Waals surface area (Å²) >= 11 is 5.27. The van der Waals surface area contributed by atoms with Crippen LogP contribution in [0.4, 0.5) is 17.2 Å². The Kier molecular flexibility index (Phi) is 6.06. The number of anilines is 3. The summed E-state index contributed by atoms with van der Waals surface area (Å²) in [5, 5.41) is 19.8. The molecule has 1 aromatic heterocycles. The number of hydrogen-bond donors (Lipinski definition) is 4. The van der Waals surface area contributed by atoms with Gasteiger partial charge in [-0.3, -0.25) is 4.72 Å². The smallest absolute Gasteiger partial charge is 0.263 e. The quantitative estimate of drug-likeness (QED) is 0.250. The average molecular weight is 466 g/mol. The lowest BCUT2D eigenvalue weighted by molar-refractivity contribution is 0.475. The van der Waals surface area contributed by atoms with Gasteiger partial charge in [0.05, 0.1) is 16.8 Å². The van der Waals surface area contributed by atoms with E-state index in [9.17, 15) is 13.5 Å². The molecule has 4 N–H and O–H groups in total. The molecule has 10 heteroatoms. The molecular weight excluding hydrogens is 446 g/mol. The van der Waals surface area contributed by atoms with Gasteiger partial charge < -0.3 is 15.7 Å². The molecule has 0 unspecified atom stereocenters. The topological polar surface area (TPSA) is 108 Å². The molecule has 0 fully saturated rings. The van der Waals surface area contributed by atoms with Gasteiger partial charge in [0, 0.05) is 17.4 Å². The Morgan fingerprint density at radius 2 is 1.44 bits per heavy atom. The molecule has 4 aromatic rings. The first kappa shape index (κ1) is 21.3.